The van der Waals surface area contributed by atoms with E-state index in [1.165, 1.54) is 16.0 Å². The first-order valence-corrected chi connectivity index (χ1v) is 8.18. The van der Waals surface area contributed by atoms with Crippen LogP contribution in [-0.2, 0) is 4.74 Å². The highest BCUT2D eigenvalue weighted by Crippen LogP contribution is 2.35. The summed E-state index contributed by atoms with van der Waals surface area (Å²) < 4.78 is 12.4. The van der Waals surface area contributed by atoms with Crippen LogP contribution in [0.1, 0.15) is 6.92 Å². The van der Waals surface area contributed by atoms with Gasteiger partial charge in [-0.2, -0.15) is 9.78 Å². The van der Waals surface area contributed by atoms with Gasteiger partial charge in [0.2, 0.25) is 0 Å². The minimum Gasteiger partial charge on any atom is -0.496 e. The van der Waals surface area contributed by atoms with E-state index in [4.69, 9.17) is 9.47 Å². The number of hydrogen-bond acceptors (Lipinski definition) is 6. The summed E-state index contributed by atoms with van der Waals surface area (Å²) in [5, 5.41) is 5.91. The Morgan fingerprint density at radius 1 is 1.42 bits per heavy atom. The molecule has 7 heteroatoms. The van der Waals surface area contributed by atoms with E-state index in [-0.39, 0.29) is 5.56 Å². The maximum Gasteiger partial charge on any atom is 0.289 e. The molecule has 0 saturated carbocycles. The molecule has 3 aromatic heterocycles. The van der Waals surface area contributed by atoms with Gasteiger partial charge in [-0.25, -0.2) is 4.98 Å². The van der Waals surface area contributed by atoms with Gasteiger partial charge < -0.3 is 9.47 Å². The number of ether oxygens (including phenoxy) is 2. The lowest BCUT2D eigenvalue weighted by atomic mass is 10.2. The predicted molar refractivity (Wildman–Crippen MR) is 96.7 cm³/mol. The SMILES string of the molecule is C/C=C(\C=C/COC)n1ncc2c(sc3nccc(OC)c32)c1=O. The van der Waals surface area contributed by atoms with Gasteiger partial charge in [-0.1, -0.05) is 12.2 Å². The molecule has 0 amide bonds. The molecule has 0 bridgehead atoms. The Morgan fingerprint density at radius 2 is 2.25 bits per heavy atom. The molecule has 0 radical (unpaired) electrons. The Kier molecular flexibility index (Phi) is 4.73. The maximum atomic E-state index is 12.9. The molecular formula is C17H17N3O3S. The number of methoxy groups -OCH3 is 2. The van der Waals surface area contributed by atoms with E-state index in [0.29, 0.717) is 22.8 Å². The largest absolute Gasteiger partial charge is 0.496 e. The molecule has 0 aliphatic heterocycles. The molecule has 0 saturated heterocycles. The monoisotopic (exact) mass is 343 g/mol. The van der Waals surface area contributed by atoms with Crippen molar-refractivity contribution in [2.24, 2.45) is 0 Å². The molecule has 3 heterocycles. The van der Waals surface area contributed by atoms with Gasteiger partial charge in [-0.15, -0.1) is 11.3 Å². The third kappa shape index (κ3) is 2.72. The van der Waals surface area contributed by atoms with Crippen LogP contribution < -0.4 is 10.3 Å². The average Bonchev–Trinajstić information content (AvgIpc) is 2.99. The van der Waals surface area contributed by atoms with Gasteiger partial charge in [0.15, 0.2) is 0 Å². The van der Waals surface area contributed by atoms with Gasteiger partial charge in [0.1, 0.15) is 15.3 Å². The number of aromatic nitrogens is 3. The summed E-state index contributed by atoms with van der Waals surface area (Å²) in [6.45, 7) is 2.33. The van der Waals surface area contributed by atoms with E-state index < -0.39 is 0 Å². The summed E-state index contributed by atoms with van der Waals surface area (Å²) in [6.07, 6.45) is 8.85. The van der Waals surface area contributed by atoms with Gasteiger partial charge in [-0.3, -0.25) is 4.79 Å². The number of pyridine rings is 1. The maximum absolute atomic E-state index is 12.9. The molecule has 0 unspecified atom stereocenters. The standard InChI is InChI=1S/C17H17N3O3S/c1-4-11(6-5-9-22-2)20-17(21)15-12(10-19-20)14-13(23-3)7-8-18-16(14)24-15/h4-8,10H,9H2,1-3H3/b6-5-,11-4+. The Hall–Kier alpha value is -2.51. The summed E-state index contributed by atoms with van der Waals surface area (Å²) in [6, 6.07) is 1.78. The number of allylic oxidation sites excluding steroid dienone is 3. The molecule has 24 heavy (non-hydrogen) atoms. The first kappa shape index (κ1) is 16.4. The zero-order valence-electron chi connectivity index (χ0n) is 13.6. The van der Waals surface area contributed by atoms with Gasteiger partial charge in [0.25, 0.3) is 5.56 Å². The summed E-state index contributed by atoms with van der Waals surface area (Å²) >= 11 is 1.35. The van der Waals surface area contributed by atoms with Gasteiger partial charge >= 0.3 is 0 Å². The lowest BCUT2D eigenvalue weighted by molar-refractivity contribution is 0.234. The van der Waals surface area contributed by atoms with Crippen molar-refractivity contribution in [2.75, 3.05) is 20.8 Å². The number of fused-ring (bicyclic) bond motifs is 3. The van der Waals surface area contributed by atoms with Gasteiger partial charge in [0.05, 0.1) is 31.0 Å². The predicted octanol–water partition coefficient (Wildman–Crippen LogP) is 3.08. The van der Waals surface area contributed by atoms with Crippen LogP contribution in [0, 0.1) is 0 Å². The molecule has 0 atom stereocenters. The molecule has 6 nitrogen and oxygen atoms in total. The second-order valence-electron chi connectivity index (χ2n) is 4.97. The fourth-order valence-corrected chi connectivity index (χ4v) is 3.53. The normalized spacial score (nSPS) is 12.5. The second kappa shape index (κ2) is 6.94. The summed E-state index contributed by atoms with van der Waals surface area (Å²) in [5.41, 5.74) is 0.518. The Balaban J connectivity index is 2.22. The Morgan fingerprint density at radius 3 is 2.96 bits per heavy atom. The molecule has 3 aromatic rings. The lowest BCUT2D eigenvalue weighted by Crippen LogP contribution is -2.20. The molecule has 0 spiro atoms. The Bertz CT molecular complexity index is 1000. The van der Waals surface area contributed by atoms with Crippen LogP contribution in [0.4, 0.5) is 0 Å². The minimum atomic E-state index is -0.173. The highest BCUT2D eigenvalue weighted by Gasteiger charge is 2.16. The summed E-state index contributed by atoms with van der Waals surface area (Å²) in [7, 11) is 3.22. The lowest BCUT2D eigenvalue weighted by Gasteiger charge is -2.05. The van der Waals surface area contributed by atoms with Gasteiger partial charge in [-0.05, 0) is 19.1 Å². The molecule has 0 N–H and O–H groups in total. The van der Waals surface area contributed by atoms with Crippen LogP contribution in [0.25, 0.3) is 26.0 Å². The molecule has 3 rings (SSSR count). The van der Waals surface area contributed by atoms with E-state index in [2.05, 4.69) is 10.1 Å². The highest BCUT2D eigenvalue weighted by molar-refractivity contribution is 7.25. The van der Waals surface area contributed by atoms with Crippen LogP contribution in [0.15, 0.2) is 41.5 Å². The number of rotatable bonds is 5. The number of nitrogens with zero attached hydrogens (tertiary/aromatic N) is 3. The van der Waals surface area contributed by atoms with E-state index >= 15 is 0 Å². The zero-order valence-corrected chi connectivity index (χ0v) is 14.5. The summed E-state index contributed by atoms with van der Waals surface area (Å²) in [4.78, 5) is 18.0. The van der Waals surface area contributed by atoms with Gasteiger partial charge in [0, 0.05) is 18.7 Å². The number of thiophene rings is 1. The number of hydrogen-bond donors (Lipinski definition) is 0. The highest BCUT2D eigenvalue weighted by atomic mass is 32.1. The van der Waals surface area contributed by atoms with Crippen molar-refractivity contribution >= 4 is 37.3 Å². The van der Waals surface area contributed by atoms with Crippen molar-refractivity contribution in [1.82, 2.24) is 14.8 Å². The minimum absolute atomic E-state index is 0.173. The molecule has 0 aromatic carbocycles. The average molecular weight is 343 g/mol. The van der Waals surface area contributed by atoms with Crippen LogP contribution in [0.5, 0.6) is 5.75 Å². The van der Waals surface area contributed by atoms with Crippen molar-refractivity contribution in [3.63, 3.8) is 0 Å². The second-order valence-corrected chi connectivity index (χ2v) is 5.97. The third-order valence-electron chi connectivity index (χ3n) is 3.59. The molecule has 124 valence electrons. The summed E-state index contributed by atoms with van der Waals surface area (Å²) in [5.74, 6) is 0.691. The fourth-order valence-electron chi connectivity index (χ4n) is 2.47. The topological polar surface area (TPSA) is 66.2 Å². The fraction of sp³-hybridized carbons (Fsp3) is 0.235. The van der Waals surface area contributed by atoms with Crippen molar-refractivity contribution in [1.29, 1.82) is 0 Å². The van der Waals surface area contributed by atoms with Crippen LogP contribution in [0.3, 0.4) is 0 Å². The molecule has 0 aliphatic rings. The van der Waals surface area contributed by atoms with Crippen LogP contribution in [-0.4, -0.2) is 35.6 Å². The van der Waals surface area contributed by atoms with E-state index in [1.807, 2.05) is 25.2 Å². The van der Waals surface area contributed by atoms with Crippen LogP contribution >= 0.6 is 11.3 Å². The quantitative estimate of drug-likeness (QED) is 0.666. The molecule has 0 aliphatic carbocycles. The van der Waals surface area contributed by atoms with Crippen LogP contribution in [0.2, 0.25) is 0 Å². The first-order chi connectivity index (χ1) is 11.7. The van der Waals surface area contributed by atoms with E-state index in [0.717, 1.165) is 15.6 Å². The first-order valence-electron chi connectivity index (χ1n) is 7.37. The van der Waals surface area contributed by atoms with Crippen molar-refractivity contribution in [2.45, 2.75) is 6.92 Å². The van der Waals surface area contributed by atoms with E-state index in [9.17, 15) is 4.79 Å². The van der Waals surface area contributed by atoms with Crippen molar-refractivity contribution in [3.05, 3.63) is 47.0 Å². The molecular weight excluding hydrogens is 326 g/mol. The zero-order chi connectivity index (χ0) is 17.1. The smallest absolute Gasteiger partial charge is 0.289 e. The van der Waals surface area contributed by atoms with Crippen molar-refractivity contribution < 1.29 is 9.47 Å². The third-order valence-corrected chi connectivity index (χ3v) is 4.69. The van der Waals surface area contributed by atoms with E-state index in [1.54, 1.807) is 32.7 Å². The molecule has 0 fully saturated rings. The van der Waals surface area contributed by atoms with Crippen molar-refractivity contribution in [3.8, 4) is 5.75 Å². The Labute approximate surface area is 142 Å².